The van der Waals surface area contributed by atoms with Crippen LogP contribution in [0.25, 0.3) is 0 Å². The van der Waals surface area contributed by atoms with E-state index < -0.39 is 5.97 Å². The van der Waals surface area contributed by atoms with Gasteiger partial charge in [-0.15, -0.1) is 10.2 Å². The molecule has 0 spiro atoms. The number of carboxylic acids is 1. The van der Waals surface area contributed by atoms with Crippen LogP contribution in [0.1, 0.15) is 12.8 Å². The van der Waals surface area contributed by atoms with E-state index in [1.807, 2.05) is 0 Å². The predicted octanol–water partition coefficient (Wildman–Crippen LogP) is -0.462. The van der Waals surface area contributed by atoms with Crippen LogP contribution in [0.5, 0.6) is 0 Å². The minimum absolute atomic E-state index is 0.140. The topological polar surface area (TPSA) is 80.9 Å². The van der Waals surface area contributed by atoms with Crippen molar-refractivity contribution in [1.82, 2.24) is 20.2 Å². The van der Waals surface area contributed by atoms with E-state index in [2.05, 4.69) is 15.4 Å². The zero-order valence-electron chi connectivity index (χ0n) is 5.84. The summed E-state index contributed by atoms with van der Waals surface area (Å²) in [7, 11) is 0. The summed E-state index contributed by atoms with van der Waals surface area (Å²) < 4.78 is 0. The molecule has 0 amide bonds. The number of rotatable bonds is 4. The normalized spacial score (nSPS) is 9.82. The van der Waals surface area contributed by atoms with Gasteiger partial charge in [-0.25, -0.2) is 0 Å². The molecule has 0 aliphatic rings. The summed E-state index contributed by atoms with van der Waals surface area (Å²) in [5, 5.41) is 19.0. The molecule has 6 heteroatoms. The highest BCUT2D eigenvalue weighted by molar-refractivity contribution is 5.66. The predicted molar refractivity (Wildman–Crippen MR) is 34.7 cm³/mol. The fraction of sp³-hybridized carbons (Fsp3) is 0.600. The molecule has 60 valence electrons. The van der Waals surface area contributed by atoms with Gasteiger partial charge in [-0.3, -0.25) is 4.79 Å². The summed E-state index contributed by atoms with van der Waals surface area (Å²) in [5.74, 6) is -0.801. The van der Waals surface area contributed by atoms with Crippen LogP contribution >= 0.6 is 0 Å². The number of hydrogen-bond donors (Lipinski definition) is 1. The second kappa shape index (κ2) is 3.65. The third kappa shape index (κ3) is 2.74. The van der Waals surface area contributed by atoms with Gasteiger partial charge >= 0.3 is 5.97 Å². The van der Waals surface area contributed by atoms with Crippen molar-refractivity contribution < 1.29 is 9.90 Å². The summed E-state index contributed by atoms with van der Waals surface area (Å²) in [5.41, 5.74) is 0. The van der Waals surface area contributed by atoms with Gasteiger partial charge in [0.25, 0.3) is 0 Å². The fourth-order valence-corrected chi connectivity index (χ4v) is 0.663. The average Bonchev–Trinajstić information content (AvgIpc) is 2.39. The van der Waals surface area contributed by atoms with Crippen LogP contribution in [0.2, 0.25) is 0 Å². The van der Waals surface area contributed by atoms with E-state index in [0.29, 0.717) is 13.0 Å². The first kappa shape index (κ1) is 7.64. The van der Waals surface area contributed by atoms with Gasteiger partial charge in [-0.2, -0.15) is 4.80 Å². The van der Waals surface area contributed by atoms with Crippen molar-refractivity contribution in [2.45, 2.75) is 19.4 Å². The molecule has 1 rings (SSSR count). The van der Waals surface area contributed by atoms with E-state index >= 15 is 0 Å². The third-order valence-corrected chi connectivity index (χ3v) is 1.14. The molecule has 0 unspecified atom stereocenters. The lowest BCUT2D eigenvalue weighted by Gasteiger charge is -1.93. The Bertz CT molecular complexity index is 220. The Morgan fingerprint density at radius 3 is 3.00 bits per heavy atom. The molecule has 0 aliphatic heterocycles. The maximum Gasteiger partial charge on any atom is 0.303 e. The second-order valence-corrected chi connectivity index (χ2v) is 2.03. The summed E-state index contributed by atoms with van der Waals surface area (Å²) in [6.45, 7) is 0.506. The fourth-order valence-electron chi connectivity index (χ4n) is 0.663. The largest absolute Gasteiger partial charge is 0.481 e. The smallest absolute Gasteiger partial charge is 0.303 e. The van der Waals surface area contributed by atoms with Crippen molar-refractivity contribution in [2.75, 3.05) is 0 Å². The first-order valence-corrected chi connectivity index (χ1v) is 3.21. The zero-order chi connectivity index (χ0) is 8.10. The number of tetrazole rings is 1. The molecule has 1 aromatic heterocycles. The van der Waals surface area contributed by atoms with Crippen LogP contribution in [0.3, 0.4) is 0 Å². The SMILES string of the molecule is O=C(O)CCCn1ncnn1. The van der Waals surface area contributed by atoms with Crippen LogP contribution in [0.4, 0.5) is 0 Å². The number of aromatic nitrogens is 4. The third-order valence-electron chi connectivity index (χ3n) is 1.14. The highest BCUT2D eigenvalue weighted by atomic mass is 16.4. The van der Waals surface area contributed by atoms with Gasteiger partial charge in [0.15, 0.2) is 6.33 Å². The first-order valence-electron chi connectivity index (χ1n) is 3.21. The quantitative estimate of drug-likeness (QED) is 0.637. The standard InChI is InChI=1S/C5H8N4O2/c10-5(11)2-1-3-9-7-4-6-8-9/h4H,1-3H2,(H,10,11). The van der Waals surface area contributed by atoms with Crippen molar-refractivity contribution in [2.24, 2.45) is 0 Å². The molecule has 0 saturated heterocycles. The highest BCUT2D eigenvalue weighted by Gasteiger charge is 1.97. The Morgan fingerprint density at radius 1 is 1.64 bits per heavy atom. The van der Waals surface area contributed by atoms with Crippen molar-refractivity contribution in [3.05, 3.63) is 6.33 Å². The number of nitrogens with zero attached hydrogens (tertiary/aromatic N) is 4. The van der Waals surface area contributed by atoms with E-state index in [4.69, 9.17) is 5.11 Å². The van der Waals surface area contributed by atoms with Gasteiger partial charge in [0.1, 0.15) is 0 Å². The lowest BCUT2D eigenvalue weighted by Crippen LogP contribution is -2.04. The van der Waals surface area contributed by atoms with Crippen molar-refractivity contribution in [3.8, 4) is 0 Å². The Kier molecular flexibility index (Phi) is 2.53. The van der Waals surface area contributed by atoms with E-state index in [0.717, 1.165) is 0 Å². The van der Waals surface area contributed by atoms with Gasteiger partial charge in [0.05, 0.1) is 6.54 Å². The zero-order valence-corrected chi connectivity index (χ0v) is 5.84. The minimum Gasteiger partial charge on any atom is -0.481 e. The van der Waals surface area contributed by atoms with Crippen molar-refractivity contribution in [3.63, 3.8) is 0 Å². The highest BCUT2D eigenvalue weighted by Crippen LogP contribution is 1.90. The van der Waals surface area contributed by atoms with E-state index in [1.165, 1.54) is 11.1 Å². The Balaban J connectivity index is 2.19. The maximum atomic E-state index is 10.1. The molecule has 0 atom stereocenters. The van der Waals surface area contributed by atoms with E-state index in [1.54, 1.807) is 0 Å². The number of aryl methyl sites for hydroxylation is 1. The summed E-state index contributed by atoms with van der Waals surface area (Å²) in [6.07, 6.45) is 1.99. The maximum absolute atomic E-state index is 10.1. The van der Waals surface area contributed by atoms with Crippen LogP contribution in [-0.2, 0) is 11.3 Å². The molecular weight excluding hydrogens is 148 g/mol. The second-order valence-electron chi connectivity index (χ2n) is 2.03. The number of aliphatic carboxylic acids is 1. The number of carbonyl (C=O) groups is 1. The molecule has 0 aromatic carbocycles. The Labute approximate surface area is 62.8 Å². The van der Waals surface area contributed by atoms with Gasteiger partial charge in [0.2, 0.25) is 0 Å². The lowest BCUT2D eigenvalue weighted by atomic mass is 10.3. The number of hydrogen-bond acceptors (Lipinski definition) is 4. The first-order chi connectivity index (χ1) is 5.29. The van der Waals surface area contributed by atoms with E-state index in [9.17, 15) is 4.79 Å². The molecule has 1 aromatic rings. The molecular formula is C5H8N4O2. The molecule has 0 aliphatic carbocycles. The summed E-state index contributed by atoms with van der Waals surface area (Å²) >= 11 is 0. The Morgan fingerprint density at radius 2 is 2.45 bits per heavy atom. The molecule has 6 nitrogen and oxygen atoms in total. The summed E-state index contributed by atoms with van der Waals surface area (Å²) in [4.78, 5) is 11.4. The molecule has 0 bridgehead atoms. The van der Waals surface area contributed by atoms with Crippen LogP contribution in [0, 0.1) is 0 Å². The Hall–Kier alpha value is -1.46. The van der Waals surface area contributed by atoms with Gasteiger partial charge in [0, 0.05) is 6.42 Å². The monoisotopic (exact) mass is 156 g/mol. The van der Waals surface area contributed by atoms with Crippen molar-refractivity contribution in [1.29, 1.82) is 0 Å². The van der Waals surface area contributed by atoms with Crippen LogP contribution in [-0.4, -0.2) is 31.3 Å². The lowest BCUT2D eigenvalue weighted by molar-refractivity contribution is -0.137. The molecule has 0 radical (unpaired) electrons. The van der Waals surface area contributed by atoms with Crippen LogP contribution in [0.15, 0.2) is 6.33 Å². The van der Waals surface area contributed by atoms with Gasteiger partial charge < -0.3 is 5.11 Å². The van der Waals surface area contributed by atoms with Gasteiger partial charge in [-0.05, 0) is 11.6 Å². The molecule has 0 saturated carbocycles. The average molecular weight is 156 g/mol. The molecule has 11 heavy (non-hydrogen) atoms. The minimum atomic E-state index is -0.801. The molecule has 1 heterocycles. The van der Waals surface area contributed by atoms with Crippen molar-refractivity contribution >= 4 is 5.97 Å². The van der Waals surface area contributed by atoms with Crippen LogP contribution < -0.4 is 0 Å². The number of carboxylic acid groups (broad SMARTS) is 1. The van der Waals surface area contributed by atoms with Gasteiger partial charge in [-0.1, -0.05) is 0 Å². The summed E-state index contributed by atoms with van der Waals surface area (Å²) in [6, 6.07) is 0. The molecule has 0 fully saturated rings. The van der Waals surface area contributed by atoms with E-state index in [-0.39, 0.29) is 6.42 Å². The molecule has 1 N–H and O–H groups in total.